The van der Waals surface area contributed by atoms with Crippen LogP contribution in [0.3, 0.4) is 0 Å². The van der Waals surface area contributed by atoms with Crippen LogP contribution in [-0.2, 0) is 11.3 Å². The van der Waals surface area contributed by atoms with Crippen molar-refractivity contribution in [2.24, 2.45) is 0 Å². The van der Waals surface area contributed by atoms with E-state index < -0.39 is 0 Å². The minimum atomic E-state index is -0.0871. The second-order valence-corrected chi connectivity index (χ2v) is 7.78. The first kappa shape index (κ1) is 18.2. The van der Waals surface area contributed by atoms with Gasteiger partial charge in [0.15, 0.2) is 0 Å². The van der Waals surface area contributed by atoms with Crippen molar-refractivity contribution in [3.8, 4) is 5.75 Å². The number of hydrogen-bond donors (Lipinski definition) is 1. The Morgan fingerprint density at radius 1 is 1.17 bits per heavy atom. The highest BCUT2D eigenvalue weighted by atomic mass is 16.5. The van der Waals surface area contributed by atoms with Crippen molar-refractivity contribution in [1.29, 1.82) is 0 Å². The Hall–Kier alpha value is -2.83. The van der Waals surface area contributed by atoms with E-state index in [1.165, 1.54) is 0 Å². The van der Waals surface area contributed by atoms with Crippen molar-refractivity contribution in [1.82, 2.24) is 10.2 Å². The van der Waals surface area contributed by atoms with Crippen LogP contribution >= 0.6 is 0 Å². The highest BCUT2D eigenvalue weighted by molar-refractivity contribution is 6.07. The first-order valence-corrected chi connectivity index (χ1v) is 10.00. The van der Waals surface area contributed by atoms with Gasteiger partial charge in [0.1, 0.15) is 23.7 Å². The fraction of sp³-hybridized carbons (Fsp3) is 0.348. The van der Waals surface area contributed by atoms with E-state index in [-0.39, 0.29) is 11.9 Å². The van der Waals surface area contributed by atoms with Crippen LogP contribution in [0.1, 0.15) is 21.7 Å². The van der Waals surface area contributed by atoms with Crippen LogP contribution in [0.2, 0.25) is 0 Å². The molecule has 2 aliphatic rings. The van der Waals surface area contributed by atoms with Crippen LogP contribution in [0.5, 0.6) is 5.75 Å². The predicted octanol–water partition coefficient (Wildman–Crippen LogP) is 3.13. The lowest BCUT2D eigenvalue weighted by Gasteiger charge is -2.47. The first-order chi connectivity index (χ1) is 14.2. The van der Waals surface area contributed by atoms with Crippen molar-refractivity contribution >= 4 is 16.9 Å². The van der Waals surface area contributed by atoms with Crippen LogP contribution in [0.15, 0.2) is 52.9 Å². The number of nitrogens with zero attached hydrogens (tertiary/aromatic N) is 1. The van der Waals surface area contributed by atoms with Crippen molar-refractivity contribution in [3.05, 3.63) is 65.4 Å². The Morgan fingerprint density at radius 3 is 2.69 bits per heavy atom. The number of nitrogens with one attached hydrogen (secondary N) is 1. The molecule has 0 spiro atoms. The van der Waals surface area contributed by atoms with Gasteiger partial charge < -0.3 is 19.2 Å². The smallest absolute Gasteiger partial charge is 0.255 e. The molecule has 0 aliphatic carbocycles. The average Bonchev–Trinajstić information content (AvgIpc) is 2.99. The monoisotopic (exact) mass is 392 g/mol. The van der Waals surface area contributed by atoms with E-state index >= 15 is 0 Å². The minimum absolute atomic E-state index is 0.0871. The SMILES string of the molecule is Cc1oc2ccc(OCc3ccccc3)cc2c1C(=O)NC1CN(C2COC2)C1. The van der Waals surface area contributed by atoms with Gasteiger partial charge in [-0.2, -0.15) is 0 Å². The Kier molecular flexibility index (Phi) is 4.73. The van der Waals surface area contributed by atoms with Gasteiger partial charge in [-0.1, -0.05) is 30.3 Å². The average molecular weight is 392 g/mol. The van der Waals surface area contributed by atoms with Gasteiger partial charge in [-0.3, -0.25) is 9.69 Å². The number of ether oxygens (including phenoxy) is 2. The molecule has 150 valence electrons. The minimum Gasteiger partial charge on any atom is -0.489 e. The number of hydrogen-bond acceptors (Lipinski definition) is 5. The van der Waals surface area contributed by atoms with E-state index in [1.807, 2.05) is 55.5 Å². The fourth-order valence-electron chi connectivity index (χ4n) is 3.91. The van der Waals surface area contributed by atoms with Gasteiger partial charge in [0.05, 0.1) is 30.9 Å². The summed E-state index contributed by atoms with van der Waals surface area (Å²) in [5, 5.41) is 3.93. The van der Waals surface area contributed by atoms with E-state index in [1.54, 1.807) is 0 Å². The second-order valence-electron chi connectivity index (χ2n) is 7.78. The Balaban J connectivity index is 1.29. The summed E-state index contributed by atoms with van der Waals surface area (Å²) in [5.41, 5.74) is 2.39. The number of carbonyl (C=O) groups excluding carboxylic acids is 1. The molecule has 2 fully saturated rings. The van der Waals surface area contributed by atoms with E-state index in [9.17, 15) is 4.79 Å². The molecule has 1 amide bonds. The molecule has 0 unspecified atom stereocenters. The van der Waals surface area contributed by atoms with E-state index in [0.717, 1.165) is 43.0 Å². The van der Waals surface area contributed by atoms with Gasteiger partial charge in [0, 0.05) is 18.5 Å². The topological polar surface area (TPSA) is 63.9 Å². The molecule has 0 bridgehead atoms. The number of fused-ring (bicyclic) bond motifs is 1. The molecule has 29 heavy (non-hydrogen) atoms. The Labute approximate surface area is 169 Å². The molecular formula is C23H24N2O4. The van der Waals surface area contributed by atoms with Gasteiger partial charge >= 0.3 is 0 Å². The van der Waals surface area contributed by atoms with Gasteiger partial charge in [0.2, 0.25) is 0 Å². The van der Waals surface area contributed by atoms with Crippen LogP contribution in [0, 0.1) is 6.92 Å². The number of aryl methyl sites for hydroxylation is 1. The third-order valence-electron chi connectivity index (χ3n) is 5.69. The lowest BCUT2D eigenvalue weighted by molar-refractivity contribution is -0.0921. The largest absolute Gasteiger partial charge is 0.489 e. The summed E-state index contributed by atoms with van der Waals surface area (Å²) in [4.78, 5) is 15.3. The highest BCUT2D eigenvalue weighted by Gasteiger charge is 2.37. The van der Waals surface area contributed by atoms with Gasteiger partial charge in [0.25, 0.3) is 5.91 Å². The quantitative estimate of drug-likeness (QED) is 0.698. The number of furan rings is 1. The molecule has 0 radical (unpaired) electrons. The summed E-state index contributed by atoms with van der Waals surface area (Å²) in [7, 11) is 0. The normalized spacial score (nSPS) is 17.7. The molecule has 3 aromatic rings. The summed E-state index contributed by atoms with van der Waals surface area (Å²) < 4.78 is 17.0. The van der Waals surface area contributed by atoms with Crippen molar-refractivity contribution in [2.75, 3.05) is 26.3 Å². The zero-order valence-electron chi connectivity index (χ0n) is 16.4. The van der Waals surface area contributed by atoms with Gasteiger partial charge in [-0.05, 0) is 30.7 Å². The zero-order valence-corrected chi connectivity index (χ0v) is 16.4. The van der Waals surface area contributed by atoms with Crippen molar-refractivity contribution in [3.63, 3.8) is 0 Å². The molecule has 1 N–H and O–H groups in total. The first-order valence-electron chi connectivity index (χ1n) is 10.00. The van der Waals surface area contributed by atoms with Gasteiger partial charge in [-0.15, -0.1) is 0 Å². The zero-order chi connectivity index (χ0) is 19.8. The number of likely N-dealkylation sites (tertiary alicyclic amines) is 1. The Bertz CT molecular complexity index is 1020. The summed E-state index contributed by atoms with van der Waals surface area (Å²) in [5.74, 6) is 1.26. The summed E-state index contributed by atoms with van der Waals surface area (Å²) in [6.45, 7) is 5.67. The molecule has 1 aromatic heterocycles. The third-order valence-corrected chi connectivity index (χ3v) is 5.69. The van der Waals surface area contributed by atoms with Crippen LogP contribution in [0.25, 0.3) is 11.0 Å². The van der Waals surface area contributed by atoms with Crippen LogP contribution in [0.4, 0.5) is 0 Å². The number of carbonyl (C=O) groups is 1. The van der Waals surface area contributed by atoms with Crippen LogP contribution < -0.4 is 10.1 Å². The van der Waals surface area contributed by atoms with Crippen molar-refractivity contribution < 1.29 is 18.7 Å². The molecule has 0 saturated carbocycles. The highest BCUT2D eigenvalue weighted by Crippen LogP contribution is 2.30. The molecule has 6 heteroatoms. The number of benzene rings is 2. The lowest BCUT2D eigenvalue weighted by atomic mass is 10.0. The molecule has 5 rings (SSSR count). The van der Waals surface area contributed by atoms with E-state index in [0.29, 0.717) is 29.6 Å². The molecule has 3 heterocycles. The molecule has 6 nitrogen and oxygen atoms in total. The fourth-order valence-corrected chi connectivity index (χ4v) is 3.91. The summed E-state index contributed by atoms with van der Waals surface area (Å²) in [6.07, 6.45) is 0. The maximum Gasteiger partial charge on any atom is 0.255 e. The molecule has 2 aliphatic heterocycles. The second kappa shape index (κ2) is 7.54. The summed E-state index contributed by atoms with van der Waals surface area (Å²) in [6, 6.07) is 16.3. The molecular weight excluding hydrogens is 368 g/mol. The van der Waals surface area contributed by atoms with Crippen LogP contribution in [-0.4, -0.2) is 49.2 Å². The maximum absolute atomic E-state index is 12.9. The number of rotatable bonds is 6. The number of amides is 1. The van der Waals surface area contributed by atoms with E-state index in [4.69, 9.17) is 13.9 Å². The summed E-state index contributed by atoms with van der Waals surface area (Å²) >= 11 is 0. The molecule has 0 atom stereocenters. The van der Waals surface area contributed by atoms with Crippen molar-refractivity contribution in [2.45, 2.75) is 25.6 Å². The Morgan fingerprint density at radius 2 is 1.97 bits per heavy atom. The molecule has 2 saturated heterocycles. The maximum atomic E-state index is 12.9. The third kappa shape index (κ3) is 3.61. The standard InChI is InChI=1S/C23H24N2O4/c1-15-22(23(26)24-17-10-25(11-17)18-13-27-14-18)20-9-19(7-8-21(20)29-15)28-12-16-5-3-2-4-6-16/h2-9,17-18H,10-14H2,1H3,(H,24,26). The molecule has 2 aromatic carbocycles. The predicted molar refractivity (Wildman–Crippen MR) is 109 cm³/mol. The van der Waals surface area contributed by atoms with Gasteiger partial charge in [-0.25, -0.2) is 0 Å². The van der Waals surface area contributed by atoms with E-state index in [2.05, 4.69) is 10.2 Å². The lowest BCUT2D eigenvalue weighted by Crippen LogP contribution is -2.66.